The van der Waals surface area contributed by atoms with Crippen molar-refractivity contribution in [1.82, 2.24) is 9.62 Å². The molecular weight excluding hydrogens is 412 g/mol. The Hall–Kier alpha value is -1.93. The van der Waals surface area contributed by atoms with Crippen molar-refractivity contribution in [3.05, 3.63) is 64.7 Å². The number of halogens is 1. The van der Waals surface area contributed by atoms with Crippen molar-refractivity contribution < 1.29 is 17.9 Å². The van der Waals surface area contributed by atoms with Gasteiger partial charge in [0.1, 0.15) is 0 Å². The molecule has 4 rings (SSSR count). The first-order valence-corrected chi connectivity index (χ1v) is 11.5. The van der Waals surface area contributed by atoms with Crippen LogP contribution < -0.4 is 5.32 Å². The first-order valence-electron chi connectivity index (χ1n) is 9.69. The lowest BCUT2D eigenvalue weighted by atomic mass is 10.0. The van der Waals surface area contributed by atoms with E-state index in [-0.39, 0.29) is 16.8 Å². The molecule has 2 aromatic rings. The number of nitrogens with one attached hydrogen (secondary N) is 1. The molecule has 1 aliphatic carbocycles. The van der Waals surface area contributed by atoms with Crippen molar-refractivity contribution in [2.45, 2.75) is 23.8 Å². The molecule has 29 heavy (non-hydrogen) atoms. The van der Waals surface area contributed by atoms with Crippen LogP contribution >= 0.6 is 11.6 Å². The first kappa shape index (κ1) is 20.3. The summed E-state index contributed by atoms with van der Waals surface area (Å²) in [6, 6.07) is 13.6. The smallest absolute Gasteiger partial charge is 0.251 e. The number of carbonyl (C=O) groups excluding carboxylic acids is 1. The zero-order chi connectivity index (χ0) is 20.4. The normalized spacial score (nSPS) is 18.9. The summed E-state index contributed by atoms with van der Waals surface area (Å²) < 4.78 is 32.4. The largest absolute Gasteiger partial charge is 0.379 e. The topological polar surface area (TPSA) is 75.7 Å². The summed E-state index contributed by atoms with van der Waals surface area (Å²) in [6.45, 7) is 1.39. The summed E-state index contributed by atoms with van der Waals surface area (Å²) in [5.41, 5.74) is 1.33. The van der Waals surface area contributed by atoms with Gasteiger partial charge in [-0.25, -0.2) is 8.42 Å². The number of amides is 1. The Bertz CT molecular complexity index is 984. The fourth-order valence-electron chi connectivity index (χ4n) is 3.53. The molecule has 1 heterocycles. The van der Waals surface area contributed by atoms with Gasteiger partial charge in [0.25, 0.3) is 5.91 Å². The van der Waals surface area contributed by atoms with Gasteiger partial charge in [-0.15, -0.1) is 0 Å². The summed E-state index contributed by atoms with van der Waals surface area (Å²) in [7, 11) is -3.65. The van der Waals surface area contributed by atoms with E-state index in [0.717, 1.165) is 18.4 Å². The van der Waals surface area contributed by atoms with Gasteiger partial charge in [-0.05, 0) is 54.7 Å². The molecule has 8 heteroatoms. The Balaban J connectivity index is 1.54. The van der Waals surface area contributed by atoms with Gasteiger partial charge < -0.3 is 10.1 Å². The molecule has 154 valence electrons. The van der Waals surface area contributed by atoms with Crippen LogP contribution in [-0.2, 0) is 14.8 Å². The second-order valence-electron chi connectivity index (χ2n) is 7.38. The maximum Gasteiger partial charge on any atom is 0.251 e. The van der Waals surface area contributed by atoms with Crippen LogP contribution in [-0.4, -0.2) is 44.9 Å². The van der Waals surface area contributed by atoms with Crippen LogP contribution in [0.3, 0.4) is 0 Å². The van der Waals surface area contributed by atoms with Crippen LogP contribution in [0.4, 0.5) is 0 Å². The third-order valence-electron chi connectivity index (χ3n) is 5.31. The molecule has 2 aliphatic rings. The molecule has 1 atom stereocenters. The number of nitrogens with zero attached hydrogens (tertiary/aromatic N) is 1. The van der Waals surface area contributed by atoms with Crippen molar-refractivity contribution in [2.75, 3.05) is 26.3 Å². The molecule has 1 unspecified atom stereocenters. The monoisotopic (exact) mass is 434 g/mol. The fourth-order valence-corrected chi connectivity index (χ4v) is 5.11. The zero-order valence-electron chi connectivity index (χ0n) is 15.9. The van der Waals surface area contributed by atoms with Gasteiger partial charge in [0.2, 0.25) is 10.0 Å². The van der Waals surface area contributed by atoms with Gasteiger partial charge >= 0.3 is 0 Å². The van der Waals surface area contributed by atoms with Crippen molar-refractivity contribution in [3.63, 3.8) is 0 Å². The Morgan fingerprint density at radius 1 is 1.10 bits per heavy atom. The average Bonchev–Trinajstić information content (AvgIpc) is 3.58. The van der Waals surface area contributed by atoms with E-state index in [1.54, 1.807) is 12.1 Å². The molecule has 6 nitrogen and oxygen atoms in total. The van der Waals surface area contributed by atoms with Crippen molar-refractivity contribution in [3.8, 4) is 0 Å². The van der Waals surface area contributed by atoms with E-state index in [2.05, 4.69) is 5.32 Å². The van der Waals surface area contributed by atoms with E-state index in [4.69, 9.17) is 16.3 Å². The van der Waals surface area contributed by atoms with Gasteiger partial charge in [-0.2, -0.15) is 4.31 Å². The van der Waals surface area contributed by atoms with Crippen LogP contribution in [0.2, 0.25) is 5.02 Å². The SMILES string of the molecule is O=C(NC(c1ccc(Cl)cc1)C1CC1)c1cccc(S(=O)(=O)N2CCOCC2)c1. The molecule has 1 aliphatic heterocycles. The van der Waals surface area contributed by atoms with Gasteiger partial charge in [-0.3, -0.25) is 4.79 Å². The highest BCUT2D eigenvalue weighted by Gasteiger charge is 2.34. The summed E-state index contributed by atoms with van der Waals surface area (Å²) in [5.74, 6) is 0.108. The minimum absolute atomic E-state index is 0.112. The molecule has 1 N–H and O–H groups in total. The molecule has 2 fully saturated rings. The number of rotatable bonds is 6. The number of ether oxygens (including phenoxy) is 1. The number of morpholine rings is 1. The van der Waals surface area contributed by atoms with Gasteiger partial charge in [0.05, 0.1) is 24.2 Å². The Kier molecular flexibility index (Phi) is 5.92. The van der Waals surface area contributed by atoms with Crippen LogP contribution in [0.1, 0.15) is 34.8 Å². The summed E-state index contributed by atoms with van der Waals surface area (Å²) >= 11 is 5.98. The van der Waals surface area contributed by atoms with Crippen LogP contribution in [0.25, 0.3) is 0 Å². The fraction of sp³-hybridized carbons (Fsp3) is 0.381. The Morgan fingerprint density at radius 3 is 2.45 bits per heavy atom. The molecule has 0 spiro atoms. The van der Waals surface area contributed by atoms with Gasteiger partial charge in [0.15, 0.2) is 0 Å². The number of carbonyl (C=O) groups is 1. The molecular formula is C21H23ClN2O4S. The summed E-state index contributed by atoms with van der Waals surface area (Å²) in [6.07, 6.45) is 2.11. The average molecular weight is 435 g/mol. The standard InChI is InChI=1S/C21H23ClN2O4S/c22-18-8-6-16(7-9-18)20(15-4-5-15)23-21(25)17-2-1-3-19(14-17)29(26,27)24-10-12-28-13-11-24/h1-3,6-9,14-15,20H,4-5,10-13H2,(H,23,25). The minimum atomic E-state index is -3.65. The predicted octanol–water partition coefficient (Wildman–Crippen LogP) is 3.24. The minimum Gasteiger partial charge on any atom is -0.379 e. The number of hydrogen-bond acceptors (Lipinski definition) is 4. The third kappa shape index (κ3) is 4.64. The second kappa shape index (κ2) is 8.44. The maximum atomic E-state index is 12.9. The predicted molar refractivity (Wildman–Crippen MR) is 110 cm³/mol. The molecule has 1 saturated heterocycles. The molecule has 0 bridgehead atoms. The lowest BCUT2D eigenvalue weighted by Gasteiger charge is -2.26. The van der Waals surface area contributed by atoms with Gasteiger partial charge in [0, 0.05) is 23.7 Å². The van der Waals surface area contributed by atoms with Crippen molar-refractivity contribution in [1.29, 1.82) is 0 Å². The van der Waals surface area contributed by atoms with E-state index < -0.39 is 10.0 Å². The second-order valence-corrected chi connectivity index (χ2v) is 9.76. The number of benzene rings is 2. The summed E-state index contributed by atoms with van der Waals surface area (Å²) in [5, 5.41) is 3.73. The highest BCUT2D eigenvalue weighted by Crippen LogP contribution is 2.41. The first-order chi connectivity index (χ1) is 13.9. The quantitative estimate of drug-likeness (QED) is 0.757. The van der Waals surface area contributed by atoms with Gasteiger partial charge in [-0.1, -0.05) is 29.8 Å². The van der Waals surface area contributed by atoms with E-state index in [1.807, 2.05) is 24.3 Å². The molecule has 1 saturated carbocycles. The molecule has 0 radical (unpaired) electrons. The van der Waals surface area contributed by atoms with E-state index in [9.17, 15) is 13.2 Å². The van der Waals surface area contributed by atoms with Crippen LogP contribution in [0.5, 0.6) is 0 Å². The third-order valence-corrected chi connectivity index (χ3v) is 7.46. The molecule has 1 amide bonds. The van der Waals surface area contributed by atoms with Crippen LogP contribution in [0.15, 0.2) is 53.4 Å². The zero-order valence-corrected chi connectivity index (χ0v) is 17.5. The number of hydrogen-bond donors (Lipinski definition) is 1. The van der Waals surface area contributed by atoms with Crippen molar-refractivity contribution >= 4 is 27.5 Å². The highest BCUT2D eigenvalue weighted by atomic mass is 35.5. The lowest BCUT2D eigenvalue weighted by molar-refractivity contribution is 0.0730. The number of sulfonamides is 1. The van der Waals surface area contributed by atoms with E-state index in [1.165, 1.54) is 16.4 Å². The highest BCUT2D eigenvalue weighted by molar-refractivity contribution is 7.89. The van der Waals surface area contributed by atoms with Crippen molar-refractivity contribution in [2.24, 2.45) is 5.92 Å². The lowest BCUT2D eigenvalue weighted by Crippen LogP contribution is -2.40. The Labute approximate surface area is 175 Å². The summed E-state index contributed by atoms with van der Waals surface area (Å²) in [4.78, 5) is 13.0. The van der Waals surface area contributed by atoms with E-state index >= 15 is 0 Å². The Morgan fingerprint density at radius 2 is 1.79 bits per heavy atom. The molecule has 2 aromatic carbocycles. The van der Waals surface area contributed by atoms with Crippen LogP contribution in [0, 0.1) is 5.92 Å². The van der Waals surface area contributed by atoms with E-state index in [0.29, 0.717) is 42.8 Å². The maximum absolute atomic E-state index is 12.9. The molecule has 0 aromatic heterocycles.